The van der Waals surface area contributed by atoms with E-state index in [1.54, 1.807) is 0 Å². The molecule has 1 unspecified atom stereocenters. The lowest BCUT2D eigenvalue weighted by molar-refractivity contribution is 0.142. The molecule has 13 heavy (non-hydrogen) atoms. The molecule has 0 saturated carbocycles. The van der Waals surface area contributed by atoms with Crippen molar-refractivity contribution in [1.82, 2.24) is 0 Å². The zero-order chi connectivity index (χ0) is 10.7. The summed E-state index contributed by atoms with van der Waals surface area (Å²) in [6, 6.07) is 0. The standard InChI is InChI=1S/C10H20O2Si/c1-7-9(11)8-12-13(5,6)10(2,3)4/h1,9,11H,8H2,2-6H3. The summed E-state index contributed by atoms with van der Waals surface area (Å²) in [6.07, 6.45) is 4.28. The van der Waals surface area contributed by atoms with Crippen LogP contribution in [0.15, 0.2) is 0 Å². The Kier molecular flexibility index (Phi) is 4.17. The summed E-state index contributed by atoms with van der Waals surface area (Å²) in [6.45, 7) is 11.0. The van der Waals surface area contributed by atoms with Crippen molar-refractivity contribution in [2.75, 3.05) is 6.61 Å². The van der Waals surface area contributed by atoms with E-state index in [1.807, 2.05) is 0 Å². The molecule has 0 heterocycles. The van der Waals surface area contributed by atoms with E-state index in [9.17, 15) is 0 Å². The molecule has 0 amide bonds. The van der Waals surface area contributed by atoms with Crippen LogP contribution >= 0.6 is 0 Å². The minimum Gasteiger partial charge on any atom is -0.413 e. The molecule has 0 aliphatic heterocycles. The van der Waals surface area contributed by atoms with Crippen LogP contribution in [0.1, 0.15) is 20.8 Å². The van der Waals surface area contributed by atoms with Gasteiger partial charge in [-0.25, -0.2) is 0 Å². The first-order chi connectivity index (χ1) is 5.70. The number of hydrogen-bond acceptors (Lipinski definition) is 2. The van der Waals surface area contributed by atoms with Crippen molar-refractivity contribution in [2.45, 2.75) is 45.0 Å². The molecule has 0 bridgehead atoms. The molecular weight excluding hydrogens is 180 g/mol. The summed E-state index contributed by atoms with van der Waals surface area (Å²) in [5, 5.41) is 9.32. The van der Waals surface area contributed by atoms with E-state index in [-0.39, 0.29) is 11.6 Å². The molecule has 0 saturated heterocycles. The van der Waals surface area contributed by atoms with Crippen molar-refractivity contribution in [1.29, 1.82) is 0 Å². The van der Waals surface area contributed by atoms with Crippen molar-refractivity contribution in [3.63, 3.8) is 0 Å². The van der Waals surface area contributed by atoms with Crippen LogP contribution < -0.4 is 0 Å². The smallest absolute Gasteiger partial charge is 0.192 e. The highest BCUT2D eigenvalue weighted by Crippen LogP contribution is 2.36. The maximum atomic E-state index is 9.15. The number of aliphatic hydroxyl groups is 1. The van der Waals surface area contributed by atoms with Crippen molar-refractivity contribution in [3.05, 3.63) is 0 Å². The summed E-state index contributed by atoms with van der Waals surface area (Å²) in [5.41, 5.74) is 0. The molecule has 0 aromatic rings. The molecule has 0 aliphatic rings. The summed E-state index contributed by atoms with van der Waals surface area (Å²) < 4.78 is 5.69. The Bertz CT molecular complexity index is 198. The Hall–Kier alpha value is -0.303. The lowest BCUT2D eigenvalue weighted by Crippen LogP contribution is -2.42. The molecule has 2 nitrogen and oxygen atoms in total. The minimum absolute atomic E-state index is 0.168. The van der Waals surface area contributed by atoms with Crippen LogP contribution in [0.2, 0.25) is 18.1 Å². The molecule has 0 radical (unpaired) electrons. The Balaban J connectivity index is 4.14. The van der Waals surface area contributed by atoms with Gasteiger partial charge in [0, 0.05) is 0 Å². The van der Waals surface area contributed by atoms with Gasteiger partial charge in [0.15, 0.2) is 8.32 Å². The summed E-state index contributed by atoms with van der Waals surface area (Å²) in [7, 11) is -1.74. The van der Waals surface area contributed by atoms with Crippen LogP contribution in [0.5, 0.6) is 0 Å². The molecule has 1 atom stereocenters. The average Bonchev–Trinajstić information content (AvgIpc) is 1.98. The first-order valence-corrected chi connectivity index (χ1v) is 7.39. The number of terminal acetylenes is 1. The first kappa shape index (κ1) is 12.7. The van der Waals surface area contributed by atoms with Gasteiger partial charge in [-0.3, -0.25) is 0 Å². The second-order valence-corrected chi connectivity index (χ2v) is 9.56. The van der Waals surface area contributed by atoms with E-state index < -0.39 is 14.4 Å². The fourth-order valence-corrected chi connectivity index (χ4v) is 1.56. The topological polar surface area (TPSA) is 29.5 Å². The third kappa shape index (κ3) is 3.95. The van der Waals surface area contributed by atoms with Crippen molar-refractivity contribution in [3.8, 4) is 12.3 Å². The summed E-state index contributed by atoms with van der Waals surface area (Å²) in [4.78, 5) is 0. The third-order valence-electron chi connectivity index (χ3n) is 2.60. The molecule has 0 spiro atoms. The van der Waals surface area contributed by atoms with Crippen LogP contribution in [-0.2, 0) is 4.43 Å². The average molecular weight is 200 g/mol. The summed E-state index contributed by atoms with van der Waals surface area (Å²) >= 11 is 0. The van der Waals surface area contributed by atoms with Crippen molar-refractivity contribution >= 4 is 8.32 Å². The Morgan fingerprint density at radius 1 is 1.46 bits per heavy atom. The highest BCUT2D eigenvalue weighted by atomic mass is 28.4. The minimum atomic E-state index is -1.74. The highest BCUT2D eigenvalue weighted by molar-refractivity contribution is 6.74. The van der Waals surface area contributed by atoms with Crippen LogP contribution in [0.3, 0.4) is 0 Å². The molecule has 76 valence electrons. The van der Waals surface area contributed by atoms with Gasteiger partial charge in [-0.15, -0.1) is 6.42 Å². The maximum absolute atomic E-state index is 9.15. The molecule has 0 aliphatic carbocycles. The predicted molar refractivity (Wildman–Crippen MR) is 58.0 cm³/mol. The van der Waals surface area contributed by atoms with E-state index >= 15 is 0 Å². The zero-order valence-electron chi connectivity index (χ0n) is 9.22. The molecule has 0 aromatic heterocycles. The fraction of sp³-hybridized carbons (Fsp3) is 0.800. The normalized spacial score (nSPS) is 15.2. The van der Waals surface area contributed by atoms with Crippen LogP contribution in [0.25, 0.3) is 0 Å². The lowest BCUT2D eigenvalue weighted by atomic mass is 10.2. The van der Waals surface area contributed by atoms with Gasteiger partial charge in [0.05, 0.1) is 6.61 Å². The summed E-state index contributed by atoms with van der Waals surface area (Å²) in [5.74, 6) is 2.24. The number of hydrogen-bond donors (Lipinski definition) is 1. The second kappa shape index (κ2) is 4.27. The Labute approximate surface area is 82.4 Å². The Morgan fingerprint density at radius 3 is 2.23 bits per heavy atom. The number of aliphatic hydroxyl groups excluding tert-OH is 1. The van der Waals surface area contributed by atoms with Gasteiger partial charge in [-0.1, -0.05) is 26.7 Å². The van der Waals surface area contributed by atoms with Crippen molar-refractivity contribution in [2.24, 2.45) is 0 Å². The maximum Gasteiger partial charge on any atom is 0.192 e. The molecule has 1 N–H and O–H groups in total. The second-order valence-electron chi connectivity index (χ2n) is 4.75. The largest absolute Gasteiger partial charge is 0.413 e. The lowest BCUT2D eigenvalue weighted by Gasteiger charge is -2.36. The predicted octanol–water partition coefficient (Wildman–Crippen LogP) is 2.00. The first-order valence-electron chi connectivity index (χ1n) is 4.49. The molecule has 0 rings (SSSR count). The van der Waals surface area contributed by atoms with E-state index in [2.05, 4.69) is 39.8 Å². The van der Waals surface area contributed by atoms with Gasteiger partial charge in [-0.2, -0.15) is 0 Å². The van der Waals surface area contributed by atoms with Gasteiger partial charge >= 0.3 is 0 Å². The fourth-order valence-electron chi connectivity index (χ4n) is 0.552. The van der Waals surface area contributed by atoms with Gasteiger partial charge < -0.3 is 9.53 Å². The van der Waals surface area contributed by atoms with E-state index in [0.29, 0.717) is 0 Å². The van der Waals surface area contributed by atoms with E-state index in [1.165, 1.54) is 0 Å². The zero-order valence-corrected chi connectivity index (χ0v) is 10.2. The Morgan fingerprint density at radius 2 is 1.92 bits per heavy atom. The van der Waals surface area contributed by atoms with E-state index in [0.717, 1.165) is 0 Å². The van der Waals surface area contributed by atoms with Gasteiger partial charge in [0.25, 0.3) is 0 Å². The number of rotatable bonds is 3. The third-order valence-corrected chi connectivity index (χ3v) is 7.10. The highest BCUT2D eigenvalue weighted by Gasteiger charge is 2.37. The van der Waals surface area contributed by atoms with Gasteiger partial charge in [0.1, 0.15) is 6.10 Å². The molecular formula is C10H20O2Si. The van der Waals surface area contributed by atoms with Crippen LogP contribution in [0, 0.1) is 12.3 Å². The SMILES string of the molecule is C#CC(O)CO[Si](C)(C)C(C)(C)C. The quantitative estimate of drug-likeness (QED) is 0.558. The van der Waals surface area contributed by atoms with Crippen LogP contribution in [0.4, 0.5) is 0 Å². The van der Waals surface area contributed by atoms with E-state index in [4.69, 9.17) is 16.0 Å². The molecule has 0 fully saturated rings. The molecule has 0 aromatic carbocycles. The van der Waals surface area contributed by atoms with Crippen molar-refractivity contribution < 1.29 is 9.53 Å². The monoisotopic (exact) mass is 200 g/mol. The molecule has 3 heteroatoms. The van der Waals surface area contributed by atoms with Gasteiger partial charge in [0.2, 0.25) is 0 Å². The van der Waals surface area contributed by atoms with Gasteiger partial charge in [-0.05, 0) is 18.1 Å². The van der Waals surface area contributed by atoms with Crippen LogP contribution in [-0.4, -0.2) is 26.1 Å².